The van der Waals surface area contributed by atoms with Crippen molar-refractivity contribution in [3.8, 4) is 5.88 Å². The number of benzene rings is 1. The smallest absolute Gasteiger partial charge is 0.410 e. The number of nitrogens with one attached hydrogen (secondary N) is 1. The van der Waals surface area contributed by atoms with Crippen LogP contribution >= 0.6 is 0 Å². The van der Waals surface area contributed by atoms with Crippen molar-refractivity contribution >= 4 is 22.9 Å². The van der Waals surface area contributed by atoms with Gasteiger partial charge in [-0.15, -0.1) is 0 Å². The molecule has 1 aliphatic rings. The van der Waals surface area contributed by atoms with Crippen molar-refractivity contribution in [2.45, 2.75) is 52.2 Å². The standard InChI is InChI=1S/C20H28N4O3/c1-5-26-18-17(22-15-8-6-7-9-16(15)23-18)21-14-10-12-24(13-11-14)19(25)27-20(2,3)4/h6-9,14H,5,10-13H2,1-4H3,(H,21,22). The van der Waals surface area contributed by atoms with Crippen LogP contribution in [0.1, 0.15) is 40.5 Å². The molecule has 0 radical (unpaired) electrons. The van der Waals surface area contributed by atoms with Crippen LogP contribution in [0.15, 0.2) is 24.3 Å². The maximum absolute atomic E-state index is 12.2. The van der Waals surface area contributed by atoms with E-state index in [0.717, 1.165) is 23.9 Å². The number of aromatic nitrogens is 2. The Kier molecular flexibility index (Phi) is 5.68. The Balaban J connectivity index is 1.66. The molecule has 7 nitrogen and oxygen atoms in total. The summed E-state index contributed by atoms with van der Waals surface area (Å²) >= 11 is 0. The number of hydrogen-bond donors (Lipinski definition) is 1. The molecule has 7 heteroatoms. The molecule has 0 spiro atoms. The van der Waals surface area contributed by atoms with Gasteiger partial charge in [0.1, 0.15) is 5.60 Å². The van der Waals surface area contributed by atoms with Crippen molar-refractivity contribution in [3.05, 3.63) is 24.3 Å². The monoisotopic (exact) mass is 372 g/mol. The van der Waals surface area contributed by atoms with E-state index in [9.17, 15) is 4.79 Å². The highest BCUT2D eigenvalue weighted by Crippen LogP contribution is 2.26. The van der Waals surface area contributed by atoms with E-state index < -0.39 is 5.60 Å². The first-order valence-electron chi connectivity index (χ1n) is 9.50. The predicted molar refractivity (Wildman–Crippen MR) is 105 cm³/mol. The van der Waals surface area contributed by atoms with Crippen LogP contribution in [0.2, 0.25) is 0 Å². The van der Waals surface area contributed by atoms with Gasteiger partial charge in [-0.2, -0.15) is 0 Å². The van der Waals surface area contributed by atoms with Crippen molar-refractivity contribution in [1.29, 1.82) is 0 Å². The van der Waals surface area contributed by atoms with Gasteiger partial charge in [-0.25, -0.2) is 14.8 Å². The van der Waals surface area contributed by atoms with Crippen molar-refractivity contribution in [2.75, 3.05) is 25.0 Å². The molecule has 1 aliphatic heterocycles. The van der Waals surface area contributed by atoms with Gasteiger partial charge in [0.05, 0.1) is 17.6 Å². The summed E-state index contributed by atoms with van der Waals surface area (Å²) in [6, 6.07) is 7.95. The minimum Gasteiger partial charge on any atom is -0.475 e. The molecule has 1 aromatic carbocycles. The number of fused-ring (bicyclic) bond motifs is 1. The molecule has 1 aromatic heterocycles. The number of likely N-dealkylation sites (tertiary alicyclic amines) is 1. The van der Waals surface area contributed by atoms with Gasteiger partial charge in [-0.05, 0) is 52.7 Å². The molecular weight excluding hydrogens is 344 g/mol. The van der Waals surface area contributed by atoms with E-state index in [1.807, 2.05) is 52.0 Å². The number of nitrogens with zero attached hydrogens (tertiary/aromatic N) is 3. The maximum atomic E-state index is 12.2. The van der Waals surface area contributed by atoms with Gasteiger partial charge in [-0.3, -0.25) is 0 Å². The molecule has 27 heavy (non-hydrogen) atoms. The number of para-hydroxylation sites is 2. The molecular formula is C20H28N4O3. The highest BCUT2D eigenvalue weighted by Gasteiger charge is 2.27. The third kappa shape index (κ3) is 4.99. The van der Waals surface area contributed by atoms with E-state index in [2.05, 4.69) is 15.3 Å². The molecule has 0 aliphatic carbocycles. The van der Waals surface area contributed by atoms with Crippen molar-refractivity contribution < 1.29 is 14.3 Å². The van der Waals surface area contributed by atoms with Gasteiger partial charge >= 0.3 is 6.09 Å². The zero-order valence-electron chi connectivity index (χ0n) is 16.5. The van der Waals surface area contributed by atoms with E-state index in [4.69, 9.17) is 9.47 Å². The normalized spacial score (nSPS) is 15.6. The molecule has 0 atom stereocenters. The van der Waals surface area contributed by atoms with E-state index in [1.54, 1.807) is 4.90 Å². The van der Waals surface area contributed by atoms with Crippen LogP contribution in [0, 0.1) is 0 Å². The van der Waals surface area contributed by atoms with Gasteiger partial charge in [0.25, 0.3) is 5.88 Å². The van der Waals surface area contributed by atoms with Crippen molar-refractivity contribution in [1.82, 2.24) is 14.9 Å². The Labute approximate surface area is 160 Å². The number of carbonyl (C=O) groups is 1. The molecule has 0 bridgehead atoms. The second-order valence-corrected chi connectivity index (χ2v) is 7.69. The zero-order chi connectivity index (χ0) is 19.4. The topological polar surface area (TPSA) is 76.6 Å². The largest absolute Gasteiger partial charge is 0.475 e. The summed E-state index contributed by atoms with van der Waals surface area (Å²) < 4.78 is 11.1. The molecule has 3 rings (SSSR count). The lowest BCUT2D eigenvalue weighted by Gasteiger charge is -2.34. The van der Waals surface area contributed by atoms with Crippen LogP contribution in [0.3, 0.4) is 0 Å². The number of carbonyl (C=O) groups excluding carboxylic acids is 1. The highest BCUT2D eigenvalue weighted by atomic mass is 16.6. The Morgan fingerprint density at radius 3 is 2.41 bits per heavy atom. The Morgan fingerprint density at radius 2 is 1.81 bits per heavy atom. The summed E-state index contributed by atoms with van der Waals surface area (Å²) in [6.07, 6.45) is 1.39. The number of rotatable bonds is 4. The zero-order valence-corrected chi connectivity index (χ0v) is 16.5. The third-order valence-corrected chi connectivity index (χ3v) is 4.31. The first kappa shape index (κ1) is 19.2. The van der Waals surface area contributed by atoms with Crippen LogP contribution < -0.4 is 10.1 Å². The lowest BCUT2D eigenvalue weighted by Crippen LogP contribution is -2.44. The van der Waals surface area contributed by atoms with Crippen LogP contribution in [-0.2, 0) is 4.74 Å². The number of hydrogen-bond acceptors (Lipinski definition) is 6. The van der Waals surface area contributed by atoms with Crippen molar-refractivity contribution in [2.24, 2.45) is 0 Å². The van der Waals surface area contributed by atoms with Crippen LogP contribution in [0.5, 0.6) is 5.88 Å². The van der Waals surface area contributed by atoms with E-state index in [0.29, 0.717) is 31.4 Å². The van der Waals surface area contributed by atoms with Crippen LogP contribution in [0.25, 0.3) is 11.0 Å². The fourth-order valence-electron chi connectivity index (χ4n) is 3.04. The lowest BCUT2D eigenvalue weighted by molar-refractivity contribution is 0.0210. The van der Waals surface area contributed by atoms with Gasteiger partial charge in [-0.1, -0.05) is 12.1 Å². The minimum absolute atomic E-state index is 0.207. The summed E-state index contributed by atoms with van der Waals surface area (Å²) in [7, 11) is 0. The van der Waals surface area contributed by atoms with E-state index >= 15 is 0 Å². The van der Waals surface area contributed by atoms with E-state index in [1.165, 1.54) is 0 Å². The summed E-state index contributed by atoms with van der Waals surface area (Å²) in [6.45, 7) is 9.40. The quantitative estimate of drug-likeness (QED) is 0.879. The molecule has 0 saturated carbocycles. The average molecular weight is 372 g/mol. The minimum atomic E-state index is -0.473. The molecule has 146 valence electrons. The first-order chi connectivity index (χ1) is 12.9. The second kappa shape index (κ2) is 7.98. The predicted octanol–water partition coefficient (Wildman–Crippen LogP) is 3.84. The van der Waals surface area contributed by atoms with Gasteiger partial charge < -0.3 is 19.7 Å². The molecule has 2 aromatic rings. The number of amides is 1. The number of anilines is 1. The van der Waals surface area contributed by atoms with Gasteiger partial charge in [0.15, 0.2) is 5.82 Å². The number of ether oxygens (including phenoxy) is 2. The van der Waals surface area contributed by atoms with Crippen LogP contribution in [0.4, 0.5) is 10.6 Å². The fraction of sp³-hybridized carbons (Fsp3) is 0.550. The Morgan fingerprint density at radius 1 is 1.19 bits per heavy atom. The first-order valence-corrected chi connectivity index (χ1v) is 9.50. The fourth-order valence-corrected chi connectivity index (χ4v) is 3.04. The summed E-state index contributed by atoms with van der Waals surface area (Å²) in [4.78, 5) is 23.2. The van der Waals surface area contributed by atoms with Gasteiger partial charge in [0.2, 0.25) is 0 Å². The Hall–Kier alpha value is -2.57. The maximum Gasteiger partial charge on any atom is 0.410 e. The SMILES string of the molecule is CCOc1nc2ccccc2nc1NC1CCN(C(=O)OC(C)(C)C)CC1. The van der Waals surface area contributed by atoms with Crippen molar-refractivity contribution in [3.63, 3.8) is 0 Å². The third-order valence-electron chi connectivity index (χ3n) is 4.31. The molecule has 0 unspecified atom stereocenters. The van der Waals surface area contributed by atoms with Gasteiger partial charge in [0, 0.05) is 19.1 Å². The van der Waals surface area contributed by atoms with E-state index in [-0.39, 0.29) is 12.1 Å². The average Bonchev–Trinajstić information content (AvgIpc) is 2.61. The summed E-state index contributed by atoms with van der Waals surface area (Å²) in [5, 5.41) is 3.46. The molecule has 1 amide bonds. The van der Waals surface area contributed by atoms with Crippen LogP contribution in [-0.4, -0.2) is 52.3 Å². The lowest BCUT2D eigenvalue weighted by atomic mass is 10.1. The summed E-state index contributed by atoms with van der Waals surface area (Å²) in [5.41, 5.74) is 1.17. The second-order valence-electron chi connectivity index (χ2n) is 7.69. The highest BCUT2D eigenvalue weighted by molar-refractivity contribution is 5.77. The molecule has 1 saturated heterocycles. The number of piperidine rings is 1. The molecule has 1 fully saturated rings. The molecule has 1 N–H and O–H groups in total. The summed E-state index contributed by atoms with van der Waals surface area (Å²) in [5.74, 6) is 1.18. The Bertz CT molecular complexity index is 795. The molecule has 2 heterocycles.